The van der Waals surface area contributed by atoms with Crippen LogP contribution in [0.15, 0.2) is 29.3 Å². The average Bonchev–Trinajstić information content (AvgIpc) is 2.74. The first-order valence-corrected chi connectivity index (χ1v) is 10.5. The average molecular weight is 405 g/mol. The molecule has 2 rings (SSSR count). The maximum Gasteiger partial charge on any atom is 0.253 e. The second-order valence-corrected chi connectivity index (χ2v) is 7.47. The van der Waals surface area contributed by atoms with Crippen LogP contribution in [0.2, 0.25) is 0 Å². The van der Waals surface area contributed by atoms with Gasteiger partial charge >= 0.3 is 0 Å². The molecule has 0 unspecified atom stereocenters. The quantitative estimate of drug-likeness (QED) is 0.389. The maximum atomic E-state index is 12.0. The summed E-state index contributed by atoms with van der Waals surface area (Å²) in [6.45, 7) is 6.91. The SMILES string of the molecule is CCNC(=NCc1ccc(C(=O)N(C)C)cc1)N1CCC(OCCCOC)CC1. The van der Waals surface area contributed by atoms with Crippen molar-refractivity contribution in [3.05, 3.63) is 35.4 Å². The Balaban J connectivity index is 1.87. The highest BCUT2D eigenvalue weighted by atomic mass is 16.5. The van der Waals surface area contributed by atoms with Crippen LogP contribution in [-0.2, 0) is 16.0 Å². The van der Waals surface area contributed by atoms with Crippen LogP contribution < -0.4 is 5.32 Å². The van der Waals surface area contributed by atoms with E-state index in [4.69, 9.17) is 14.5 Å². The lowest BCUT2D eigenvalue weighted by Crippen LogP contribution is -2.47. The molecule has 0 atom stereocenters. The third-order valence-electron chi connectivity index (χ3n) is 4.94. The van der Waals surface area contributed by atoms with Crippen LogP contribution in [0.5, 0.6) is 0 Å². The van der Waals surface area contributed by atoms with Crippen molar-refractivity contribution in [1.82, 2.24) is 15.1 Å². The number of hydrogen-bond donors (Lipinski definition) is 1. The van der Waals surface area contributed by atoms with Crippen molar-refractivity contribution >= 4 is 11.9 Å². The zero-order chi connectivity index (χ0) is 21.1. The predicted molar refractivity (Wildman–Crippen MR) is 116 cm³/mol. The van der Waals surface area contributed by atoms with Crippen LogP contribution in [0.1, 0.15) is 42.1 Å². The summed E-state index contributed by atoms with van der Waals surface area (Å²) < 4.78 is 11.0. The molecule has 1 amide bonds. The van der Waals surface area contributed by atoms with E-state index in [-0.39, 0.29) is 5.91 Å². The molecule has 0 radical (unpaired) electrons. The Bertz CT molecular complexity index is 638. The first-order valence-electron chi connectivity index (χ1n) is 10.5. The van der Waals surface area contributed by atoms with E-state index in [2.05, 4.69) is 17.1 Å². The second-order valence-electron chi connectivity index (χ2n) is 7.47. The Morgan fingerprint density at radius 3 is 2.48 bits per heavy atom. The number of rotatable bonds is 9. The lowest BCUT2D eigenvalue weighted by atomic mass is 10.1. The van der Waals surface area contributed by atoms with Gasteiger partial charge in [-0.2, -0.15) is 0 Å². The third-order valence-corrected chi connectivity index (χ3v) is 4.94. The smallest absolute Gasteiger partial charge is 0.253 e. The van der Waals surface area contributed by atoms with Crippen molar-refractivity contribution in [2.45, 2.75) is 38.8 Å². The Hall–Kier alpha value is -2.12. The molecule has 29 heavy (non-hydrogen) atoms. The van der Waals surface area contributed by atoms with Gasteiger partial charge in [0.15, 0.2) is 5.96 Å². The number of likely N-dealkylation sites (tertiary alicyclic amines) is 1. The van der Waals surface area contributed by atoms with Crippen molar-refractivity contribution in [3.63, 3.8) is 0 Å². The molecule has 1 fully saturated rings. The molecule has 0 bridgehead atoms. The predicted octanol–water partition coefficient (Wildman–Crippen LogP) is 2.37. The molecule has 0 aromatic heterocycles. The van der Waals surface area contributed by atoms with E-state index in [0.29, 0.717) is 18.2 Å². The van der Waals surface area contributed by atoms with Gasteiger partial charge in [-0.3, -0.25) is 4.79 Å². The monoisotopic (exact) mass is 404 g/mol. The molecule has 1 aromatic carbocycles. The Labute approximate surface area is 175 Å². The standard InChI is InChI=1S/C22H36N4O3/c1-5-23-22(26-13-11-20(12-14-26)29-16-6-15-28-4)24-17-18-7-9-19(10-8-18)21(27)25(2)3/h7-10,20H,5-6,11-17H2,1-4H3,(H,23,24). The van der Waals surface area contributed by atoms with E-state index in [1.807, 2.05) is 24.3 Å². The van der Waals surface area contributed by atoms with E-state index in [0.717, 1.165) is 63.6 Å². The van der Waals surface area contributed by atoms with Crippen LogP contribution in [0.25, 0.3) is 0 Å². The first-order chi connectivity index (χ1) is 14.0. The van der Waals surface area contributed by atoms with Gasteiger partial charge < -0.3 is 24.6 Å². The minimum absolute atomic E-state index is 0.0145. The second kappa shape index (κ2) is 12.4. The molecule has 162 valence electrons. The van der Waals surface area contributed by atoms with Crippen molar-refractivity contribution in [2.75, 3.05) is 54.1 Å². The summed E-state index contributed by atoms with van der Waals surface area (Å²) in [6, 6.07) is 7.69. The summed E-state index contributed by atoms with van der Waals surface area (Å²) >= 11 is 0. The number of carbonyl (C=O) groups is 1. The number of ether oxygens (including phenoxy) is 2. The Morgan fingerprint density at radius 2 is 1.90 bits per heavy atom. The summed E-state index contributed by atoms with van der Waals surface area (Å²) in [5.74, 6) is 0.958. The molecule has 1 N–H and O–H groups in total. The van der Waals surface area contributed by atoms with Crippen LogP contribution in [0.3, 0.4) is 0 Å². The molecule has 1 saturated heterocycles. The van der Waals surface area contributed by atoms with Gasteiger partial charge in [0.1, 0.15) is 0 Å². The number of carbonyl (C=O) groups excluding carboxylic acids is 1. The van der Waals surface area contributed by atoms with Crippen molar-refractivity contribution < 1.29 is 14.3 Å². The largest absolute Gasteiger partial charge is 0.385 e. The van der Waals surface area contributed by atoms with Gasteiger partial charge in [-0.05, 0) is 43.9 Å². The highest BCUT2D eigenvalue weighted by Gasteiger charge is 2.21. The highest BCUT2D eigenvalue weighted by molar-refractivity contribution is 5.93. The molecule has 0 aliphatic carbocycles. The minimum Gasteiger partial charge on any atom is -0.385 e. The molecule has 7 heteroatoms. The summed E-state index contributed by atoms with van der Waals surface area (Å²) in [5.41, 5.74) is 1.79. The van der Waals surface area contributed by atoms with E-state index in [9.17, 15) is 4.79 Å². The lowest BCUT2D eigenvalue weighted by Gasteiger charge is -2.34. The first kappa shape index (κ1) is 23.2. The number of nitrogens with zero attached hydrogens (tertiary/aromatic N) is 3. The molecule has 1 heterocycles. The topological polar surface area (TPSA) is 66.4 Å². The van der Waals surface area contributed by atoms with Crippen molar-refractivity contribution in [2.24, 2.45) is 4.99 Å². The molecular weight excluding hydrogens is 368 g/mol. The summed E-state index contributed by atoms with van der Waals surface area (Å²) in [4.78, 5) is 20.7. The zero-order valence-corrected chi connectivity index (χ0v) is 18.3. The fraction of sp³-hybridized carbons (Fsp3) is 0.636. The number of guanidine groups is 1. The van der Waals surface area contributed by atoms with Gasteiger partial charge in [0.2, 0.25) is 0 Å². The van der Waals surface area contributed by atoms with Crippen molar-refractivity contribution in [1.29, 1.82) is 0 Å². The minimum atomic E-state index is 0.0145. The van der Waals surface area contributed by atoms with E-state index < -0.39 is 0 Å². The Kier molecular flexibility index (Phi) is 9.94. The normalized spacial score (nSPS) is 15.4. The zero-order valence-electron chi connectivity index (χ0n) is 18.3. The highest BCUT2D eigenvalue weighted by Crippen LogP contribution is 2.15. The van der Waals surface area contributed by atoms with Crippen molar-refractivity contribution in [3.8, 4) is 0 Å². The van der Waals surface area contributed by atoms with Crippen LogP contribution in [-0.4, -0.2) is 81.8 Å². The molecule has 7 nitrogen and oxygen atoms in total. The molecule has 1 aromatic rings. The van der Waals surface area contributed by atoms with E-state index >= 15 is 0 Å². The van der Waals surface area contributed by atoms with Crippen LogP contribution in [0, 0.1) is 0 Å². The summed E-state index contributed by atoms with van der Waals surface area (Å²) in [5, 5.41) is 3.40. The fourth-order valence-corrected chi connectivity index (χ4v) is 3.29. The summed E-state index contributed by atoms with van der Waals surface area (Å²) in [7, 11) is 5.24. The van der Waals surface area contributed by atoms with Gasteiger partial charge in [-0.1, -0.05) is 12.1 Å². The van der Waals surface area contributed by atoms with E-state index in [1.54, 1.807) is 26.1 Å². The van der Waals surface area contributed by atoms with Gasteiger partial charge in [-0.25, -0.2) is 4.99 Å². The van der Waals surface area contributed by atoms with Gasteiger partial charge in [0.05, 0.1) is 12.6 Å². The van der Waals surface area contributed by atoms with Crippen LogP contribution >= 0.6 is 0 Å². The molecular formula is C22H36N4O3. The third kappa shape index (κ3) is 7.66. The number of hydrogen-bond acceptors (Lipinski definition) is 4. The lowest BCUT2D eigenvalue weighted by molar-refractivity contribution is 0.00990. The maximum absolute atomic E-state index is 12.0. The van der Waals surface area contributed by atoms with Gasteiger partial charge in [-0.15, -0.1) is 0 Å². The molecule has 0 spiro atoms. The number of aliphatic imine (C=N–C) groups is 1. The van der Waals surface area contributed by atoms with E-state index in [1.165, 1.54) is 0 Å². The van der Waals surface area contributed by atoms with Crippen LogP contribution in [0.4, 0.5) is 0 Å². The van der Waals surface area contributed by atoms with Gasteiger partial charge in [0.25, 0.3) is 5.91 Å². The number of amides is 1. The van der Waals surface area contributed by atoms with Gasteiger partial charge in [0, 0.05) is 59.6 Å². The molecule has 0 saturated carbocycles. The summed E-state index contributed by atoms with van der Waals surface area (Å²) in [6.07, 6.45) is 3.30. The number of benzene rings is 1. The number of nitrogens with one attached hydrogen (secondary N) is 1. The number of piperidine rings is 1. The number of methoxy groups -OCH3 is 1. The Morgan fingerprint density at radius 1 is 1.21 bits per heavy atom. The molecule has 1 aliphatic heterocycles. The molecule has 1 aliphatic rings. The fourth-order valence-electron chi connectivity index (χ4n) is 3.29.